The van der Waals surface area contributed by atoms with Crippen LogP contribution in [0.15, 0.2) is 0 Å². The fraction of sp³-hybridized carbons (Fsp3) is 1.00. The molecule has 0 aromatic heterocycles. The van der Waals surface area contributed by atoms with Crippen LogP contribution in [0.2, 0.25) is 0 Å². The fourth-order valence-corrected chi connectivity index (χ4v) is 2.92. The topological polar surface area (TPSA) is 0 Å². The van der Waals surface area contributed by atoms with Crippen LogP contribution in [-0.4, -0.2) is 0 Å². The molecule has 0 amide bonds. The molecule has 12 heavy (non-hydrogen) atoms. The van der Waals surface area contributed by atoms with E-state index in [1.54, 1.807) is 0 Å². The van der Waals surface area contributed by atoms with Gasteiger partial charge in [-0.15, -0.1) is 0 Å². The maximum absolute atomic E-state index is 2.46. The summed E-state index contributed by atoms with van der Waals surface area (Å²) in [7, 11) is 0. The zero-order valence-electron chi connectivity index (χ0n) is 9.19. The largest absolute Gasteiger partial charge is 0.0648 e. The molecule has 1 aliphatic rings. The third-order valence-electron chi connectivity index (χ3n) is 4.27. The molecule has 0 N–H and O–H groups in total. The Hall–Kier alpha value is 0. The Morgan fingerprint density at radius 3 is 1.92 bits per heavy atom. The highest BCUT2D eigenvalue weighted by atomic mass is 14.4. The predicted octanol–water partition coefficient (Wildman–Crippen LogP) is 4.25. The maximum Gasteiger partial charge on any atom is -0.0272 e. The summed E-state index contributed by atoms with van der Waals surface area (Å²) in [5.41, 5.74) is 0.716. The van der Waals surface area contributed by atoms with Crippen molar-refractivity contribution in [2.75, 3.05) is 0 Å². The second-order valence-corrected chi connectivity index (χ2v) is 4.96. The van der Waals surface area contributed by atoms with E-state index < -0.39 is 0 Å². The molecule has 0 saturated heterocycles. The van der Waals surface area contributed by atoms with Gasteiger partial charge in [0.15, 0.2) is 0 Å². The summed E-state index contributed by atoms with van der Waals surface area (Å²) < 4.78 is 0. The standard InChI is InChI=1S/C12H24/c1-5-12(8-6-7-9-12)11(4)10(2)3/h10-11H,5-9H2,1-4H3. The van der Waals surface area contributed by atoms with Crippen LogP contribution in [-0.2, 0) is 0 Å². The summed E-state index contributed by atoms with van der Waals surface area (Å²) in [5.74, 6) is 1.79. The van der Waals surface area contributed by atoms with E-state index in [0.29, 0.717) is 5.41 Å². The fourth-order valence-electron chi connectivity index (χ4n) is 2.92. The van der Waals surface area contributed by atoms with Crippen molar-refractivity contribution in [2.24, 2.45) is 17.3 Å². The van der Waals surface area contributed by atoms with Gasteiger partial charge in [-0.3, -0.25) is 0 Å². The highest BCUT2D eigenvalue weighted by Crippen LogP contribution is 2.49. The van der Waals surface area contributed by atoms with E-state index in [9.17, 15) is 0 Å². The van der Waals surface area contributed by atoms with Crippen LogP contribution in [0.25, 0.3) is 0 Å². The third-order valence-corrected chi connectivity index (χ3v) is 4.27. The molecule has 1 saturated carbocycles. The van der Waals surface area contributed by atoms with Gasteiger partial charge in [0, 0.05) is 0 Å². The van der Waals surface area contributed by atoms with Crippen molar-refractivity contribution < 1.29 is 0 Å². The molecular formula is C12H24. The molecule has 1 fully saturated rings. The first-order valence-corrected chi connectivity index (χ1v) is 5.62. The molecule has 1 aliphatic carbocycles. The molecule has 1 unspecified atom stereocenters. The number of hydrogen-bond acceptors (Lipinski definition) is 0. The first kappa shape index (κ1) is 10.1. The Morgan fingerprint density at radius 2 is 1.58 bits per heavy atom. The van der Waals surface area contributed by atoms with Crippen molar-refractivity contribution >= 4 is 0 Å². The summed E-state index contributed by atoms with van der Waals surface area (Å²) in [5, 5.41) is 0. The van der Waals surface area contributed by atoms with E-state index >= 15 is 0 Å². The van der Waals surface area contributed by atoms with Gasteiger partial charge < -0.3 is 0 Å². The van der Waals surface area contributed by atoms with E-state index in [4.69, 9.17) is 0 Å². The van der Waals surface area contributed by atoms with Gasteiger partial charge in [0.25, 0.3) is 0 Å². The summed E-state index contributed by atoms with van der Waals surface area (Å²) >= 11 is 0. The van der Waals surface area contributed by atoms with Crippen LogP contribution in [0.1, 0.15) is 59.8 Å². The molecule has 0 spiro atoms. The lowest BCUT2D eigenvalue weighted by Crippen LogP contribution is -2.28. The first-order valence-electron chi connectivity index (χ1n) is 5.62. The van der Waals surface area contributed by atoms with Crippen LogP contribution in [0.3, 0.4) is 0 Å². The van der Waals surface area contributed by atoms with Crippen LogP contribution in [0.5, 0.6) is 0 Å². The Labute approximate surface area is 77.7 Å². The van der Waals surface area contributed by atoms with Gasteiger partial charge in [-0.2, -0.15) is 0 Å². The third kappa shape index (κ3) is 1.67. The Balaban J connectivity index is 2.65. The second kappa shape index (κ2) is 3.81. The molecule has 0 heteroatoms. The van der Waals surface area contributed by atoms with Gasteiger partial charge in [0.1, 0.15) is 0 Å². The minimum atomic E-state index is 0.716. The van der Waals surface area contributed by atoms with Crippen LogP contribution < -0.4 is 0 Å². The van der Waals surface area contributed by atoms with Crippen molar-refractivity contribution in [3.05, 3.63) is 0 Å². The van der Waals surface area contributed by atoms with Gasteiger partial charge in [-0.1, -0.05) is 47.0 Å². The molecule has 0 nitrogen and oxygen atoms in total. The quantitative estimate of drug-likeness (QED) is 0.591. The summed E-state index contributed by atoms with van der Waals surface area (Å²) in [4.78, 5) is 0. The van der Waals surface area contributed by atoms with Gasteiger partial charge in [-0.25, -0.2) is 0 Å². The Bertz CT molecular complexity index is 129. The average Bonchev–Trinajstić information content (AvgIpc) is 2.52. The minimum Gasteiger partial charge on any atom is -0.0648 e. The normalized spacial score (nSPS) is 24.8. The van der Waals surface area contributed by atoms with Crippen LogP contribution >= 0.6 is 0 Å². The lowest BCUT2D eigenvalue weighted by molar-refractivity contribution is 0.129. The molecule has 1 atom stereocenters. The molecule has 0 heterocycles. The molecule has 0 radical (unpaired) electrons. The van der Waals surface area contributed by atoms with E-state index in [2.05, 4.69) is 27.7 Å². The Kier molecular flexibility index (Phi) is 3.20. The maximum atomic E-state index is 2.46. The van der Waals surface area contributed by atoms with Crippen molar-refractivity contribution in [1.29, 1.82) is 0 Å². The molecular weight excluding hydrogens is 144 g/mol. The molecule has 72 valence electrons. The SMILES string of the molecule is CCC1(C(C)C(C)C)CCCC1. The van der Waals surface area contributed by atoms with Gasteiger partial charge in [-0.05, 0) is 30.1 Å². The lowest BCUT2D eigenvalue weighted by atomic mass is 9.68. The second-order valence-electron chi connectivity index (χ2n) is 4.96. The smallest absolute Gasteiger partial charge is 0.0272 e. The lowest BCUT2D eigenvalue weighted by Gasteiger charge is -2.37. The predicted molar refractivity (Wildman–Crippen MR) is 55.2 cm³/mol. The Morgan fingerprint density at radius 1 is 1.08 bits per heavy atom. The van der Waals surface area contributed by atoms with Crippen molar-refractivity contribution in [3.63, 3.8) is 0 Å². The zero-order valence-corrected chi connectivity index (χ0v) is 9.19. The number of hydrogen-bond donors (Lipinski definition) is 0. The summed E-state index contributed by atoms with van der Waals surface area (Å²) in [6.45, 7) is 9.59. The van der Waals surface area contributed by atoms with E-state index in [-0.39, 0.29) is 0 Å². The average molecular weight is 168 g/mol. The molecule has 0 aromatic rings. The van der Waals surface area contributed by atoms with Crippen molar-refractivity contribution in [1.82, 2.24) is 0 Å². The van der Waals surface area contributed by atoms with Crippen molar-refractivity contribution in [2.45, 2.75) is 59.8 Å². The minimum absolute atomic E-state index is 0.716. The molecule has 0 bridgehead atoms. The van der Waals surface area contributed by atoms with Crippen molar-refractivity contribution in [3.8, 4) is 0 Å². The highest BCUT2D eigenvalue weighted by molar-refractivity contribution is 4.88. The summed E-state index contributed by atoms with van der Waals surface area (Å²) in [6.07, 6.45) is 7.33. The molecule has 1 rings (SSSR count). The van der Waals surface area contributed by atoms with Crippen LogP contribution in [0, 0.1) is 17.3 Å². The van der Waals surface area contributed by atoms with Gasteiger partial charge in [0.2, 0.25) is 0 Å². The molecule has 0 aliphatic heterocycles. The first-order chi connectivity index (χ1) is 5.62. The summed E-state index contributed by atoms with van der Waals surface area (Å²) in [6, 6.07) is 0. The van der Waals surface area contributed by atoms with Gasteiger partial charge >= 0.3 is 0 Å². The van der Waals surface area contributed by atoms with E-state index in [0.717, 1.165) is 11.8 Å². The van der Waals surface area contributed by atoms with E-state index in [1.165, 1.54) is 32.1 Å². The number of rotatable bonds is 3. The highest BCUT2D eigenvalue weighted by Gasteiger charge is 2.38. The van der Waals surface area contributed by atoms with Gasteiger partial charge in [0.05, 0.1) is 0 Å². The molecule has 0 aromatic carbocycles. The van der Waals surface area contributed by atoms with E-state index in [1.807, 2.05) is 0 Å². The monoisotopic (exact) mass is 168 g/mol. The zero-order chi connectivity index (χ0) is 9.19. The van der Waals surface area contributed by atoms with Crippen LogP contribution in [0.4, 0.5) is 0 Å².